The summed E-state index contributed by atoms with van der Waals surface area (Å²) in [6.45, 7) is 4.21. The first kappa shape index (κ1) is 18.7. The molecule has 0 radical (unpaired) electrons. The highest BCUT2D eigenvalue weighted by Crippen LogP contribution is 2.23. The van der Waals surface area contributed by atoms with Gasteiger partial charge in [-0.05, 0) is 43.7 Å². The Bertz CT molecular complexity index is 867. The van der Waals surface area contributed by atoms with E-state index in [9.17, 15) is 4.79 Å². The molecule has 0 fully saturated rings. The van der Waals surface area contributed by atoms with Crippen molar-refractivity contribution in [3.63, 3.8) is 0 Å². The number of hydrogen-bond acceptors (Lipinski definition) is 6. The van der Waals surface area contributed by atoms with Gasteiger partial charge in [-0.1, -0.05) is 12.1 Å². The van der Waals surface area contributed by atoms with E-state index in [1.165, 1.54) is 0 Å². The molecule has 3 aromatic rings. The highest BCUT2D eigenvalue weighted by molar-refractivity contribution is 5.72. The molecule has 7 heteroatoms. The molecule has 0 saturated carbocycles. The predicted octanol–water partition coefficient (Wildman–Crippen LogP) is 3.85. The van der Waals surface area contributed by atoms with Crippen LogP contribution < -0.4 is 4.74 Å². The van der Waals surface area contributed by atoms with Crippen molar-refractivity contribution in [3.05, 3.63) is 59.7 Å². The topological polar surface area (TPSA) is 94.9 Å². The van der Waals surface area contributed by atoms with Crippen LogP contribution in [0, 0.1) is 6.92 Å². The van der Waals surface area contributed by atoms with E-state index in [1.54, 1.807) is 37.5 Å². The van der Waals surface area contributed by atoms with E-state index in [0.29, 0.717) is 41.9 Å². The van der Waals surface area contributed by atoms with Crippen molar-refractivity contribution < 1.29 is 28.2 Å². The van der Waals surface area contributed by atoms with Gasteiger partial charge in [-0.2, -0.15) is 0 Å². The number of carboxylic acids is 1. The summed E-state index contributed by atoms with van der Waals surface area (Å²) in [4.78, 5) is 15.6. The molecule has 0 amide bonds. The van der Waals surface area contributed by atoms with E-state index >= 15 is 0 Å². The van der Waals surface area contributed by atoms with Gasteiger partial charge in [0.1, 0.15) is 23.8 Å². The van der Waals surface area contributed by atoms with E-state index in [0.717, 1.165) is 5.56 Å². The summed E-state index contributed by atoms with van der Waals surface area (Å²) < 4.78 is 21.9. The minimum Gasteiger partial charge on any atom is -0.487 e. The Morgan fingerprint density at radius 2 is 2.04 bits per heavy atom. The second kappa shape index (κ2) is 8.55. The quantitative estimate of drug-likeness (QED) is 0.610. The minimum absolute atomic E-state index is 0.256. The summed E-state index contributed by atoms with van der Waals surface area (Å²) in [5.74, 6) is 1.34. The van der Waals surface area contributed by atoms with Gasteiger partial charge in [0.2, 0.25) is 0 Å². The number of carboxylic acid groups (broad SMARTS) is 1. The highest BCUT2D eigenvalue weighted by atomic mass is 16.5. The average molecular weight is 371 g/mol. The van der Waals surface area contributed by atoms with E-state index < -0.39 is 12.1 Å². The Morgan fingerprint density at radius 1 is 1.26 bits per heavy atom. The lowest BCUT2D eigenvalue weighted by atomic mass is 10.1. The Morgan fingerprint density at radius 3 is 2.67 bits per heavy atom. The lowest BCUT2D eigenvalue weighted by Crippen LogP contribution is -2.26. The maximum Gasteiger partial charge on any atom is 0.333 e. The van der Waals surface area contributed by atoms with Crippen LogP contribution in [0.3, 0.4) is 0 Å². The zero-order valence-corrected chi connectivity index (χ0v) is 15.2. The first-order valence-corrected chi connectivity index (χ1v) is 8.63. The monoisotopic (exact) mass is 371 g/mol. The number of nitrogens with zero attached hydrogens (tertiary/aromatic N) is 1. The van der Waals surface area contributed by atoms with Crippen molar-refractivity contribution in [2.45, 2.75) is 33.0 Å². The average Bonchev–Trinajstić information content (AvgIpc) is 3.30. The first-order chi connectivity index (χ1) is 13.1. The standard InChI is InChI=1S/C20H21NO6/c1-3-24-18(20(22)23)11-14-6-8-15(9-7-14)26-12-16-13(2)27-19(21-16)17-5-4-10-25-17/h4-10,18H,3,11-12H2,1-2H3,(H,22,23)/t18-/m1/s1. The molecule has 142 valence electrons. The molecule has 2 aromatic heterocycles. The van der Waals surface area contributed by atoms with Crippen molar-refractivity contribution in [2.24, 2.45) is 0 Å². The van der Waals surface area contributed by atoms with Crippen LogP contribution in [0.25, 0.3) is 11.7 Å². The molecule has 1 atom stereocenters. The third-order valence-electron chi connectivity index (χ3n) is 3.99. The number of carbonyl (C=O) groups is 1. The molecular formula is C20H21NO6. The van der Waals surface area contributed by atoms with Gasteiger partial charge in [-0.3, -0.25) is 0 Å². The number of ether oxygens (including phenoxy) is 2. The van der Waals surface area contributed by atoms with Crippen molar-refractivity contribution >= 4 is 5.97 Å². The number of oxazole rings is 1. The molecule has 0 unspecified atom stereocenters. The van der Waals surface area contributed by atoms with Crippen LogP contribution in [-0.2, 0) is 22.6 Å². The van der Waals surface area contributed by atoms with Gasteiger partial charge in [-0.25, -0.2) is 9.78 Å². The van der Waals surface area contributed by atoms with Crippen LogP contribution in [0.5, 0.6) is 5.75 Å². The summed E-state index contributed by atoms with van der Waals surface area (Å²) >= 11 is 0. The molecule has 3 rings (SSSR count). The maximum atomic E-state index is 11.2. The summed E-state index contributed by atoms with van der Waals surface area (Å²) in [7, 11) is 0. The van der Waals surface area contributed by atoms with E-state index in [1.807, 2.05) is 19.1 Å². The molecule has 7 nitrogen and oxygen atoms in total. The molecule has 1 aromatic carbocycles. The van der Waals surface area contributed by atoms with Crippen LogP contribution in [-0.4, -0.2) is 28.8 Å². The van der Waals surface area contributed by atoms with Gasteiger partial charge >= 0.3 is 5.97 Å². The molecule has 0 aliphatic heterocycles. The van der Waals surface area contributed by atoms with E-state index in [4.69, 9.17) is 23.4 Å². The second-order valence-electron chi connectivity index (χ2n) is 5.92. The highest BCUT2D eigenvalue weighted by Gasteiger charge is 2.18. The van der Waals surface area contributed by atoms with Gasteiger partial charge < -0.3 is 23.4 Å². The summed E-state index contributed by atoms with van der Waals surface area (Å²) in [5, 5.41) is 9.15. The Hall–Kier alpha value is -3.06. The van der Waals surface area contributed by atoms with Gasteiger partial charge in [0.25, 0.3) is 5.89 Å². The zero-order valence-electron chi connectivity index (χ0n) is 15.2. The molecule has 1 N–H and O–H groups in total. The molecule has 0 saturated heterocycles. The van der Waals surface area contributed by atoms with Crippen molar-refractivity contribution in [1.29, 1.82) is 0 Å². The second-order valence-corrected chi connectivity index (χ2v) is 5.92. The molecule has 0 spiro atoms. The minimum atomic E-state index is -0.967. The number of aromatic nitrogens is 1. The van der Waals surface area contributed by atoms with Crippen LogP contribution in [0.15, 0.2) is 51.5 Å². The summed E-state index contributed by atoms with van der Waals surface area (Å²) in [6.07, 6.45) is 1.02. The number of rotatable bonds is 9. The molecule has 0 aliphatic carbocycles. The van der Waals surface area contributed by atoms with Gasteiger partial charge in [0.05, 0.1) is 6.26 Å². The number of furan rings is 1. The summed E-state index contributed by atoms with van der Waals surface area (Å²) in [6, 6.07) is 10.8. The van der Waals surface area contributed by atoms with Crippen LogP contribution in [0.4, 0.5) is 0 Å². The fraction of sp³-hybridized carbons (Fsp3) is 0.300. The molecule has 2 heterocycles. The summed E-state index contributed by atoms with van der Waals surface area (Å²) in [5.41, 5.74) is 1.55. The van der Waals surface area contributed by atoms with Gasteiger partial charge in [0.15, 0.2) is 11.9 Å². The third-order valence-corrected chi connectivity index (χ3v) is 3.99. The first-order valence-electron chi connectivity index (χ1n) is 8.63. The van der Waals surface area contributed by atoms with Crippen molar-refractivity contribution in [1.82, 2.24) is 4.98 Å². The Kier molecular flexibility index (Phi) is 5.93. The number of hydrogen-bond donors (Lipinski definition) is 1. The number of benzene rings is 1. The fourth-order valence-electron chi connectivity index (χ4n) is 2.57. The lowest BCUT2D eigenvalue weighted by Gasteiger charge is -2.12. The normalized spacial score (nSPS) is 12.1. The fourth-order valence-corrected chi connectivity index (χ4v) is 2.57. The molecule has 27 heavy (non-hydrogen) atoms. The largest absolute Gasteiger partial charge is 0.487 e. The van der Waals surface area contributed by atoms with Crippen LogP contribution in [0.1, 0.15) is 23.9 Å². The van der Waals surface area contributed by atoms with Gasteiger partial charge in [-0.15, -0.1) is 0 Å². The lowest BCUT2D eigenvalue weighted by molar-refractivity contribution is -0.149. The Balaban J connectivity index is 1.60. The van der Waals surface area contributed by atoms with Crippen LogP contribution in [0.2, 0.25) is 0 Å². The van der Waals surface area contributed by atoms with Crippen LogP contribution >= 0.6 is 0 Å². The SMILES string of the molecule is CCO[C@H](Cc1ccc(OCc2nc(-c3ccco3)oc2C)cc1)C(=O)O. The zero-order chi connectivity index (χ0) is 19.2. The van der Waals surface area contributed by atoms with Crippen molar-refractivity contribution in [3.8, 4) is 17.4 Å². The number of aryl methyl sites for hydroxylation is 1. The van der Waals surface area contributed by atoms with Crippen molar-refractivity contribution in [2.75, 3.05) is 6.61 Å². The molecular weight excluding hydrogens is 350 g/mol. The maximum absolute atomic E-state index is 11.2. The Labute approximate surface area is 156 Å². The van der Waals surface area contributed by atoms with Gasteiger partial charge in [0, 0.05) is 13.0 Å². The third kappa shape index (κ3) is 4.77. The smallest absolute Gasteiger partial charge is 0.333 e. The predicted molar refractivity (Wildman–Crippen MR) is 96.5 cm³/mol. The molecule has 0 aliphatic rings. The molecule has 0 bridgehead atoms. The number of aliphatic carboxylic acids is 1. The van der Waals surface area contributed by atoms with E-state index in [-0.39, 0.29) is 6.61 Å². The van der Waals surface area contributed by atoms with E-state index in [2.05, 4.69) is 4.98 Å².